The third kappa shape index (κ3) is 7.80. The lowest BCUT2D eigenvalue weighted by atomic mass is 10.1. The molecule has 0 aliphatic heterocycles. The standard InChI is InChI=1S/C18H27N3O4/c1-6-25-17(24)13-9-7-8-10-14(13)19-15(22)11-21(5)12-16(23)20-18(2,3)4/h7-10H,6,11-12H2,1-5H3,(H,19,22)(H,20,23)/p+1. The van der Waals surface area contributed by atoms with Crippen LogP contribution in [0.15, 0.2) is 24.3 Å². The zero-order valence-electron chi connectivity index (χ0n) is 15.6. The second kappa shape index (κ2) is 9.17. The lowest BCUT2D eigenvalue weighted by Gasteiger charge is -2.21. The van der Waals surface area contributed by atoms with Crippen molar-refractivity contribution in [2.75, 3.05) is 32.1 Å². The Bertz CT molecular complexity index is 623. The Morgan fingerprint density at radius 2 is 1.68 bits per heavy atom. The molecule has 0 saturated carbocycles. The molecule has 3 N–H and O–H groups in total. The molecular formula is C18H28N3O4+. The van der Waals surface area contributed by atoms with E-state index in [2.05, 4.69) is 10.6 Å². The van der Waals surface area contributed by atoms with Gasteiger partial charge in [-0.3, -0.25) is 9.59 Å². The number of para-hydroxylation sites is 1. The van der Waals surface area contributed by atoms with Crippen LogP contribution in [0.1, 0.15) is 38.1 Å². The SMILES string of the molecule is CCOC(=O)c1ccccc1NC(=O)C[NH+](C)CC(=O)NC(C)(C)C. The highest BCUT2D eigenvalue weighted by atomic mass is 16.5. The number of carbonyl (C=O) groups is 3. The average molecular weight is 350 g/mol. The van der Waals surface area contributed by atoms with Crippen LogP contribution in [0.2, 0.25) is 0 Å². The molecular weight excluding hydrogens is 322 g/mol. The Labute approximate surface area is 148 Å². The molecule has 7 heteroatoms. The van der Waals surface area contributed by atoms with E-state index in [0.29, 0.717) is 11.3 Å². The molecule has 1 aromatic rings. The number of nitrogens with one attached hydrogen (secondary N) is 3. The van der Waals surface area contributed by atoms with Gasteiger partial charge in [0.15, 0.2) is 13.1 Å². The molecule has 1 unspecified atom stereocenters. The Morgan fingerprint density at radius 3 is 2.28 bits per heavy atom. The summed E-state index contributed by atoms with van der Waals surface area (Å²) in [5.74, 6) is -0.883. The van der Waals surface area contributed by atoms with Crippen molar-refractivity contribution in [2.45, 2.75) is 33.2 Å². The van der Waals surface area contributed by atoms with Gasteiger partial charge in [0.25, 0.3) is 11.8 Å². The molecule has 0 bridgehead atoms. The van der Waals surface area contributed by atoms with Gasteiger partial charge in [0.1, 0.15) is 0 Å². The van der Waals surface area contributed by atoms with Crippen LogP contribution in [0.5, 0.6) is 0 Å². The fourth-order valence-corrected chi connectivity index (χ4v) is 2.25. The van der Waals surface area contributed by atoms with Gasteiger partial charge in [-0.05, 0) is 39.8 Å². The smallest absolute Gasteiger partial charge is 0.340 e. The fraction of sp³-hybridized carbons (Fsp3) is 0.500. The van der Waals surface area contributed by atoms with Gasteiger partial charge >= 0.3 is 5.97 Å². The van der Waals surface area contributed by atoms with E-state index in [1.807, 2.05) is 20.8 Å². The van der Waals surface area contributed by atoms with E-state index in [1.54, 1.807) is 38.2 Å². The van der Waals surface area contributed by atoms with Crippen molar-refractivity contribution in [1.29, 1.82) is 0 Å². The van der Waals surface area contributed by atoms with E-state index >= 15 is 0 Å². The second-order valence-electron chi connectivity index (χ2n) is 6.92. The lowest BCUT2D eigenvalue weighted by molar-refractivity contribution is -0.862. The highest BCUT2D eigenvalue weighted by Crippen LogP contribution is 2.15. The van der Waals surface area contributed by atoms with E-state index in [-0.39, 0.29) is 37.0 Å². The van der Waals surface area contributed by atoms with Crippen molar-refractivity contribution in [3.8, 4) is 0 Å². The average Bonchev–Trinajstić information content (AvgIpc) is 2.45. The van der Waals surface area contributed by atoms with E-state index in [1.165, 1.54) is 0 Å². The number of benzene rings is 1. The number of ether oxygens (including phenoxy) is 1. The largest absolute Gasteiger partial charge is 0.462 e. The molecule has 0 saturated heterocycles. The normalized spacial score (nSPS) is 12.2. The molecule has 2 amide bonds. The minimum atomic E-state index is -0.483. The molecule has 0 aromatic heterocycles. The van der Waals surface area contributed by atoms with Gasteiger partial charge in [0.2, 0.25) is 0 Å². The van der Waals surface area contributed by atoms with Crippen LogP contribution in [0.25, 0.3) is 0 Å². The highest BCUT2D eigenvalue weighted by molar-refractivity contribution is 6.01. The highest BCUT2D eigenvalue weighted by Gasteiger charge is 2.20. The van der Waals surface area contributed by atoms with Gasteiger partial charge in [-0.25, -0.2) is 4.79 Å². The molecule has 0 spiro atoms. The fourth-order valence-electron chi connectivity index (χ4n) is 2.25. The van der Waals surface area contributed by atoms with Crippen LogP contribution in [-0.4, -0.2) is 50.1 Å². The molecule has 138 valence electrons. The maximum absolute atomic E-state index is 12.2. The van der Waals surface area contributed by atoms with Crippen LogP contribution in [-0.2, 0) is 14.3 Å². The number of rotatable bonds is 7. The summed E-state index contributed by atoms with van der Waals surface area (Å²) in [5, 5.41) is 5.57. The molecule has 1 atom stereocenters. The predicted octanol–water partition coefficient (Wildman–Crippen LogP) is 0.231. The first kappa shape index (κ1) is 20.6. The minimum Gasteiger partial charge on any atom is -0.462 e. The monoisotopic (exact) mass is 350 g/mol. The third-order valence-corrected chi connectivity index (χ3v) is 3.14. The first-order chi connectivity index (χ1) is 11.6. The van der Waals surface area contributed by atoms with Crippen LogP contribution in [0, 0.1) is 0 Å². The number of amides is 2. The molecule has 1 rings (SSSR count). The molecule has 7 nitrogen and oxygen atoms in total. The van der Waals surface area contributed by atoms with Crippen LogP contribution in [0.4, 0.5) is 5.69 Å². The number of carbonyl (C=O) groups excluding carboxylic acids is 3. The van der Waals surface area contributed by atoms with Crippen LogP contribution in [0.3, 0.4) is 0 Å². The Kier molecular flexibility index (Phi) is 7.57. The Hall–Kier alpha value is -2.41. The van der Waals surface area contributed by atoms with Crippen LogP contribution >= 0.6 is 0 Å². The zero-order valence-corrected chi connectivity index (χ0v) is 15.6. The summed E-state index contributed by atoms with van der Waals surface area (Å²) in [7, 11) is 1.76. The quantitative estimate of drug-likeness (QED) is 0.614. The van der Waals surface area contributed by atoms with Crippen molar-refractivity contribution in [3.63, 3.8) is 0 Å². The number of anilines is 1. The number of quaternary nitrogens is 1. The topological polar surface area (TPSA) is 88.9 Å². The Morgan fingerprint density at radius 1 is 1.08 bits per heavy atom. The van der Waals surface area contributed by atoms with Crippen molar-refractivity contribution in [1.82, 2.24) is 5.32 Å². The first-order valence-corrected chi connectivity index (χ1v) is 8.30. The van der Waals surface area contributed by atoms with Gasteiger partial charge in [-0.15, -0.1) is 0 Å². The van der Waals surface area contributed by atoms with E-state index in [0.717, 1.165) is 4.90 Å². The van der Waals surface area contributed by atoms with E-state index in [9.17, 15) is 14.4 Å². The predicted molar refractivity (Wildman–Crippen MR) is 95.5 cm³/mol. The summed E-state index contributed by atoms with van der Waals surface area (Å²) >= 11 is 0. The van der Waals surface area contributed by atoms with Crippen molar-refractivity contribution < 1.29 is 24.0 Å². The summed E-state index contributed by atoms with van der Waals surface area (Å²) < 4.78 is 4.98. The number of hydrogen-bond acceptors (Lipinski definition) is 4. The lowest BCUT2D eigenvalue weighted by Crippen LogP contribution is -3.11. The maximum atomic E-state index is 12.2. The number of esters is 1. The van der Waals surface area contributed by atoms with E-state index < -0.39 is 5.97 Å². The van der Waals surface area contributed by atoms with Crippen molar-refractivity contribution >= 4 is 23.5 Å². The summed E-state index contributed by atoms with van der Waals surface area (Å²) in [6.45, 7) is 7.98. The molecule has 25 heavy (non-hydrogen) atoms. The van der Waals surface area contributed by atoms with Gasteiger partial charge < -0.3 is 20.3 Å². The van der Waals surface area contributed by atoms with Gasteiger partial charge in [-0.2, -0.15) is 0 Å². The maximum Gasteiger partial charge on any atom is 0.340 e. The zero-order chi connectivity index (χ0) is 19.0. The van der Waals surface area contributed by atoms with Gasteiger partial charge in [-0.1, -0.05) is 12.1 Å². The van der Waals surface area contributed by atoms with Crippen LogP contribution < -0.4 is 15.5 Å². The molecule has 1 aromatic carbocycles. The molecule has 0 aliphatic rings. The summed E-state index contributed by atoms with van der Waals surface area (Å²) in [6, 6.07) is 6.68. The second-order valence-corrected chi connectivity index (χ2v) is 6.92. The summed E-state index contributed by atoms with van der Waals surface area (Å²) in [5.41, 5.74) is 0.400. The molecule has 0 fully saturated rings. The van der Waals surface area contributed by atoms with Gasteiger partial charge in [0, 0.05) is 5.54 Å². The minimum absolute atomic E-state index is 0.106. The van der Waals surface area contributed by atoms with Gasteiger partial charge in [0.05, 0.1) is 24.9 Å². The molecule has 0 radical (unpaired) electrons. The number of likely N-dealkylation sites (N-methyl/N-ethyl adjacent to an activating group) is 1. The Balaban J connectivity index is 2.62. The molecule has 0 heterocycles. The van der Waals surface area contributed by atoms with Crippen molar-refractivity contribution in [2.24, 2.45) is 0 Å². The number of hydrogen-bond donors (Lipinski definition) is 3. The summed E-state index contributed by atoms with van der Waals surface area (Å²) in [4.78, 5) is 36.8. The summed E-state index contributed by atoms with van der Waals surface area (Å²) in [6.07, 6.45) is 0. The van der Waals surface area contributed by atoms with E-state index in [4.69, 9.17) is 4.74 Å². The van der Waals surface area contributed by atoms with Crippen molar-refractivity contribution in [3.05, 3.63) is 29.8 Å². The third-order valence-electron chi connectivity index (χ3n) is 3.14. The molecule has 0 aliphatic carbocycles. The first-order valence-electron chi connectivity index (χ1n) is 8.30.